The second-order valence-corrected chi connectivity index (χ2v) is 7.97. The maximum atomic E-state index is 12.9. The van der Waals surface area contributed by atoms with Gasteiger partial charge < -0.3 is 14.6 Å². The number of aliphatic hydroxyl groups is 1. The molecule has 1 amide bonds. The van der Waals surface area contributed by atoms with Gasteiger partial charge in [-0.3, -0.25) is 4.79 Å². The van der Waals surface area contributed by atoms with Crippen LogP contribution < -0.4 is 0 Å². The predicted molar refractivity (Wildman–Crippen MR) is 99.3 cm³/mol. The molecule has 1 saturated carbocycles. The van der Waals surface area contributed by atoms with Gasteiger partial charge in [0.15, 0.2) is 0 Å². The van der Waals surface area contributed by atoms with Crippen molar-refractivity contribution in [2.45, 2.75) is 44.6 Å². The summed E-state index contributed by atoms with van der Waals surface area (Å²) in [4.78, 5) is 14.9. The number of carbonyl (C=O) groups excluding carboxylic acids is 1. The van der Waals surface area contributed by atoms with Crippen molar-refractivity contribution in [3.05, 3.63) is 36.0 Å². The van der Waals surface area contributed by atoms with Gasteiger partial charge in [-0.05, 0) is 36.8 Å². The lowest BCUT2D eigenvalue weighted by atomic mass is 9.69. The van der Waals surface area contributed by atoms with E-state index < -0.39 is 5.60 Å². The number of hydrogen-bond donors (Lipinski definition) is 1. The Morgan fingerprint density at radius 2 is 2.12 bits per heavy atom. The standard InChI is InChI=1S/C21H28N2O2/c1-3-21(25)10-6-7-15-13-23(14-18(15)21)20(24)11-16-12-22(2)19-9-5-4-8-17(16)19/h4-5,8-9,12,15,18,25H,3,6-7,10-11,13-14H2,1-2H3/t15-,18+,21-/m1/s1. The van der Waals surface area contributed by atoms with Gasteiger partial charge in [-0.1, -0.05) is 31.5 Å². The van der Waals surface area contributed by atoms with Crippen LogP contribution in [-0.2, 0) is 18.3 Å². The Bertz CT molecular complexity index is 796. The maximum Gasteiger partial charge on any atom is 0.227 e. The number of rotatable bonds is 3. The van der Waals surface area contributed by atoms with Crippen molar-refractivity contribution < 1.29 is 9.90 Å². The molecule has 1 aliphatic carbocycles. The zero-order valence-electron chi connectivity index (χ0n) is 15.2. The zero-order valence-corrected chi connectivity index (χ0v) is 15.2. The first-order chi connectivity index (χ1) is 12.0. The van der Waals surface area contributed by atoms with E-state index >= 15 is 0 Å². The average Bonchev–Trinajstić information content (AvgIpc) is 3.19. The first-order valence-electron chi connectivity index (χ1n) is 9.55. The summed E-state index contributed by atoms with van der Waals surface area (Å²) in [6, 6.07) is 8.25. The van der Waals surface area contributed by atoms with Crippen LogP contribution in [0.2, 0.25) is 0 Å². The van der Waals surface area contributed by atoms with Crippen molar-refractivity contribution in [2.24, 2.45) is 18.9 Å². The van der Waals surface area contributed by atoms with Crippen LogP contribution in [0.1, 0.15) is 38.2 Å². The molecular formula is C21H28N2O2. The van der Waals surface area contributed by atoms with Crippen LogP contribution in [0.15, 0.2) is 30.5 Å². The molecule has 3 atom stereocenters. The van der Waals surface area contributed by atoms with Crippen molar-refractivity contribution in [1.82, 2.24) is 9.47 Å². The van der Waals surface area contributed by atoms with Crippen molar-refractivity contribution in [1.29, 1.82) is 0 Å². The number of carbonyl (C=O) groups is 1. The molecule has 134 valence electrons. The van der Waals surface area contributed by atoms with Gasteiger partial charge in [0, 0.05) is 43.2 Å². The van der Waals surface area contributed by atoms with Crippen LogP contribution in [0.3, 0.4) is 0 Å². The Kier molecular flexibility index (Phi) is 4.11. The molecule has 1 aliphatic heterocycles. The number of fused-ring (bicyclic) bond motifs is 2. The SMILES string of the molecule is CC[C@@]1(O)CCC[C@@H]2CN(C(=O)Cc3cn(C)c4ccccc34)C[C@@H]21. The molecule has 0 spiro atoms. The third kappa shape index (κ3) is 2.77. The van der Waals surface area contributed by atoms with Crippen molar-refractivity contribution in [3.63, 3.8) is 0 Å². The largest absolute Gasteiger partial charge is 0.390 e. The van der Waals surface area contributed by atoms with Crippen LogP contribution in [0.25, 0.3) is 10.9 Å². The Balaban J connectivity index is 1.52. The minimum Gasteiger partial charge on any atom is -0.390 e. The Morgan fingerprint density at radius 3 is 2.92 bits per heavy atom. The number of aromatic nitrogens is 1. The second kappa shape index (κ2) is 6.17. The van der Waals surface area contributed by atoms with Crippen molar-refractivity contribution in [3.8, 4) is 0 Å². The molecule has 1 aromatic carbocycles. The molecule has 0 bridgehead atoms. The summed E-state index contributed by atoms with van der Waals surface area (Å²) in [7, 11) is 2.03. The van der Waals surface area contributed by atoms with E-state index in [9.17, 15) is 9.90 Å². The highest BCUT2D eigenvalue weighted by Crippen LogP contribution is 2.44. The molecule has 1 N–H and O–H groups in total. The van der Waals surface area contributed by atoms with Gasteiger partial charge in [-0.25, -0.2) is 0 Å². The van der Waals surface area contributed by atoms with Crippen molar-refractivity contribution >= 4 is 16.8 Å². The number of likely N-dealkylation sites (tertiary alicyclic amines) is 1. The predicted octanol–water partition coefficient (Wildman–Crippen LogP) is 3.12. The lowest BCUT2D eigenvalue weighted by molar-refractivity contribution is -0.130. The van der Waals surface area contributed by atoms with E-state index in [1.54, 1.807) is 0 Å². The third-order valence-corrected chi connectivity index (χ3v) is 6.60. The van der Waals surface area contributed by atoms with E-state index in [2.05, 4.69) is 29.8 Å². The molecule has 4 heteroatoms. The van der Waals surface area contributed by atoms with Crippen LogP contribution in [0.4, 0.5) is 0 Å². The molecular weight excluding hydrogens is 312 g/mol. The molecule has 2 aromatic rings. The Labute approximate surface area is 149 Å². The molecule has 4 nitrogen and oxygen atoms in total. The van der Waals surface area contributed by atoms with Crippen LogP contribution >= 0.6 is 0 Å². The van der Waals surface area contributed by atoms with Gasteiger partial charge in [0.05, 0.1) is 12.0 Å². The van der Waals surface area contributed by atoms with Crippen molar-refractivity contribution in [2.75, 3.05) is 13.1 Å². The van der Waals surface area contributed by atoms with Crippen LogP contribution in [-0.4, -0.2) is 39.2 Å². The summed E-state index contributed by atoms with van der Waals surface area (Å²) < 4.78 is 2.09. The van der Waals surface area contributed by atoms with Gasteiger partial charge >= 0.3 is 0 Å². The van der Waals surface area contributed by atoms with Gasteiger partial charge in [-0.2, -0.15) is 0 Å². The molecule has 4 rings (SSSR count). The summed E-state index contributed by atoms with van der Waals surface area (Å²) >= 11 is 0. The summed E-state index contributed by atoms with van der Waals surface area (Å²) in [5, 5.41) is 12.1. The highest BCUT2D eigenvalue weighted by Gasteiger charge is 2.48. The van der Waals surface area contributed by atoms with Gasteiger partial charge in [0.2, 0.25) is 5.91 Å². The second-order valence-electron chi connectivity index (χ2n) is 7.97. The molecule has 0 unspecified atom stereocenters. The topological polar surface area (TPSA) is 45.5 Å². The molecule has 2 fully saturated rings. The third-order valence-electron chi connectivity index (χ3n) is 6.60. The first kappa shape index (κ1) is 16.6. The fourth-order valence-corrected chi connectivity index (χ4v) is 5.11. The first-order valence-corrected chi connectivity index (χ1v) is 9.55. The molecule has 0 radical (unpaired) electrons. The van der Waals surface area contributed by atoms with E-state index in [0.717, 1.165) is 44.3 Å². The fourth-order valence-electron chi connectivity index (χ4n) is 5.11. The summed E-state index contributed by atoms with van der Waals surface area (Å²) in [6.45, 7) is 3.61. The fraction of sp³-hybridized carbons (Fsp3) is 0.571. The molecule has 25 heavy (non-hydrogen) atoms. The lowest BCUT2D eigenvalue weighted by Gasteiger charge is -2.40. The molecule has 1 saturated heterocycles. The normalized spacial score (nSPS) is 29.2. The summed E-state index contributed by atoms with van der Waals surface area (Å²) in [5.74, 6) is 0.919. The van der Waals surface area contributed by atoms with Crippen LogP contribution in [0.5, 0.6) is 0 Å². The monoisotopic (exact) mass is 340 g/mol. The molecule has 2 aliphatic rings. The summed E-state index contributed by atoms with van der Waals surface area (Å²) in [5.41, 5.74) is 1.70. The van der Waals surface area contributed by atoms with E-state index in [1.807, 2.05) is 24.1 Å². The van der Waals surface area contributed by atoms with Gasteiger partial charge in [0.1, 0.15) is 0 Å². The summed E-state index contributed by atoms with van der Waals surface area (Å²) in [6.07, 6.45) is 6.43. The minimum atomic E-state index is -0.572. The average molecular weight is 340 g/mol. The minimum absolute atomic E-state index is 0.198. The number of amides is 1. The van der Waals surface area contributed by atoms with Crippen LogP contribution in [0, 0.1) is 11.8 Å². The quantitative estimate of drug-likeness (QED) is 0.933. The molecule has 1 aromatic heterocycles. The number of para-hydroxylation sites is 1. The Morgan fingerprint density at radius 1 is 1.32 bits per heavy atom. The van der Waals surface area contributed by atoms with E-state index in [-0.39, 0.29) is 11.8 Å². The number of hydrogen-bond acceptors (Lipinski definition) is 2. The lowest BCUT2D eigenvalue weighted by Crippen LogP contribution is -2.44. The molecule has 2 heterocycles. The highest BCUT2D eigenvalue weighted by molar-refractivity contribution is 5.89. The van der Waals surface area contributed by atoms with E-state index in [4.69, 9.17) is 0 Å². The number of nitrogens with zero attached hydrogens (tertiary/aromatic N) is 2. The highest BCUT2D eigenvalue weighted by atomic mass is 16.3. The Hall–Kier alpha value is -1.81. The number of benzene rings is 1. The van der Waals surface area contributed by atoms with E-state index in [1.165, 1.54) is 10.9 Å². The van der Waals surface area contributed by atoms with Gasteiger partial charge in [-0.15, -0.1) is 0 Å². The van der Waals surface area contributed by atoms with E-state index in [0.29, 0.717) is 12.3 Å². The zero-order chi connectivity index (χ0) is 17.6. The number of aryl methyl sites for hydroxylation is 1. The van der Waals surface area contributed by atoms with Gasteiger partial charge in [0.25, 0.3) is 0 Å². The maximum absolute atomic E-state index is 12.9. The smallest absolute Gasteiger partial charge is 0.227 e.